The average Bonchev–Trinajstić information content (AvgIpc) is 3.50. The first-order valence-electron chi connectivity index (χ1n) is 10.8. The molecule has 35 heavy (non-hydrogen) atoms. The minimum absolute atomic E-state index is 0.0479. The van der Waals surface area contributed by atoms with Gasteiger partial charge in [-0.3, -0.25) is 9.59 Å². The summed E-state index contributed by atoms with van der Waals surface area (Å²) in [5, 5.41) is 2.97. The van der Waals surface area contributed by atoms with Gasteiger partial charge < -0.3 is 10.3 Å². The number of hydrogen-bond acceptors (Lipinski definition) is 5. The Morgan fingerprint density at radius 1 is 1.31 bits per heavy atom. The van der Waals surface area contributed by atoms with Crippen molar-refractivity contribution in [2.24, 2.45) is 11.8 Å². The summed E-state index contributed by atoms with van der Waals surface area (Å²) in [5.41, 5.74) is -3.08. The minimum Gasteiger partial charge on any atom is -0.352 e. The van der Waals surface area contributed by atoms with Crippen LogP contribution < -0.4 is 10.9 Å². The van der Waals surface area contributed by atoms with Gasteiger partial charge in [0.05, 0.1) is 21.7 Å². The first-order chi connectivity index (χ1) is 16.5. The monoisotopic (exact) mass is 504 g/mol. The number of carbonyl (C=O) groups excluding carboxylic acids is 1. The maximum atomic E-state index is 15.4. The molecule has 11 heteroatoms. The molecule has 2 N–H and O–H groups in total. The van der Waals surface area contributed by atoms with E-state index in [0.29, 0.717) is 21.9 Å². The average molecular weight is 505 g/mol. The van der Waals surface area contributed by atoms with Gasteiger partial charge in [0, 0.05) is 36.2 Å². The van der Waals surface area contributed by atoms with Gasteiger partial charge in [0.2, 0.25) is 5.91 Å². The van der Waals surface area contributed by atoms with Crippen LogP contribution in [0.25, 0.3) is 22.0 Å². The van der Waals surface area contributed by atoms with Crippen LogP contribution in [0.15, 0.2) is 29.2 Å². The van der Waals surface area contributed by atoms with Crippen molar-refractivity contribution in [3.05, 3.63) is 56.7 Å². The number of thiazole rings is 1. The fourth-order valence-corrected chi connectivity index (χ4v) is 3.89. The lowest BCUT2D eigenvalue weighted by molar-refractivity contribution is -0.137. The number of aromatic amines is 1. The maximum absolute atomic E-state index is 15.4. The number of halogens is 4. The van der Waals surface area contributed by atoms with Crippen LogP contribution in [-0.4, -0.2) is 20.9 Å². The van der Waals surface area contributed by atoms with E-state index in [1.807, 2.05) is 0 Å². The zero-order valence-electron chi connectivity index (χ0n) is 18.7. The first-order valence-corrected chi connectivity index (χ1v) is 11.6. The van der Waals surface area contributed by atoms with Crippen LogP contribution in [0.4, 0.5) is 17.6 Å². The summed E-state index contributed by atoms with van der Waals surface area (Å²) < 4.78 is 56.7. The number of rotatable bonds is 5. The van der Waals surface area contributed by atoms with Gasteiger partial charge in [0.15, 0.2) is 5.01 Å². The van der Waals surface area contributed by atoms with Crippen LogP contribution in [0.3, 0.4) is 0 Å². The molecule has 3 aromatic rings. The van der Waals surface area contributed by atoms with Gasteiger partial charge in [-0.2, -0.15) is 13.2 Å². The molecule has 0 atom stereocenters. The number of hydrogen-bond donors (Lipinski definition) is 2. The summed E-state index contributed by atoms with van der Waals surface area (Å²) >= 11 is 1.14. The molecule has 0 bridgehead atoms. The highest BCUT2D eigenvalue weighted by Gasteiger charge is 2.37. The summed E-state index contributed by atoms with van der Waals surface area (Å²) in [4.78, 5) is 35.1. The number of benzene rings is 1. The number of carbonyl (C=O) groups is 1. The Morgan fingerprint density at radius 3 is 2.71 bits per heavy atom. The molecule has 4 rings (SSSR count). The van der Waals surface area contributed by atoms with Crippen LogP contribution in [-0.2, 0) is 17.5 Å². The van der Waals surface area contributed by atoms with Gasteiger partial charge in [-0.15, -0.1) is 11.3 Å². The lowest BCUT2D eigenvalue weighted by Crippen LogP contribution is -2.27. The van der Waals surface area contributed by atoms with Crippen LogP contribution in [0.1, 0.15) is 42.8 Å². The Labute approximate surface area is 201 Å². The van der Waals surface area contributed by atoms with Crippen LogP contribution in [0.2, 0.25) is 0 Å². The highest BCUT2D eigenvalue weighted by Crippen LogP contribution is 2.39. The molecular weight excluding hydrogens is 484 g/mol. The molecule has 2 heterocycles. The number of nitrogens with one attached hydrogen (secondary N) is 2. The summed E-state index contributed by atoms with van der Waals surface area (Å²) in [6, 6.07) is 2.77. The van der Waals surface area contributed by atoms with E-state index >= 15 is 4.39 Å². The number of H-pyrrole nitrogens is 1. The second-order valence-electron chi connectivity index (χ2n) is 8.38. The normalized spacial score (nSPS) is 13.5. The predicted molar refractivity (Wildman–Crippen MR) is 123 cm³/mol. The smallest absolute Gasteiger partial charge is 0.352 e. The third kappa shape index (κ3) is 5.77. The van der Waals surface area contributed by atoms with Crippen LogP contribution >= 0.6 is 11.3 Å². The molecule has 1 fully saturated rings. The van der Waals surface area contributed by atoms with Crippen molar-refractivity contribution < 1.29 is 22.4 Å². The Kier molecular flexibility index (Phi) is 6.76. The lowest BCUT2D eigenvalue weighted by atomic mass is 10.0. The molecule has 2 aromatic heterocycles. The molecule has 0 spiro atoms. The summed E-state index contributed by atoms with van der Waals surface area (Å²) in [5.74, 6) is 3.76. The fourth-order valence-electron chi connectivity index (χ4n) is 3.15. The Balaban J connectivity index is 1.77. The number of nitrogens with zero attached hydrogens (tertiary/aromatic N) is 2. The fraction of sp³-hybridized carbons (Fsp3) is 0.333. The van der Waals surface area contributed by atoms with E-state index in [4.69, 9.17) is 0 Å². The molecule has 6 nitrogen and oxygen atoms in total. The topological polar surface area (TPSA) is 87.7 Å². The third-order valence-electron chi connectivity index (χ3n) is 5.20. The molecular formula is C24H20F4N4O2S. The predicted octanol–water partition coefficient (Wildman–Crippen LogP) is 4.75. The van der Waals surface area contributed by atoms with Crippen molar-refractivity contribution in [1.82, 2.24) is 20.3 Å². The molecule has 0 radical (unpaired) electrons. The van der Waals surface area contributed by atoms with E-state index in [0.717, 1.165) is 36.3 Å². The Morgan fingerprint density at radius 2 is 2.06 bits per heavy atom. The number of aromatic nitrogens is 3. The third-order valence-corrected chi connectivity index (χ3v) is 6.14. The molecule has 0 unspecified atom stereocenters. The summed E-state index contributed by atoms with van der Waals surface area (Å²) in [6.07, 6.45) is -1.42. The lowest BCUT2D eigenvalue weighted by Gasteiger charge is -2.16. The van der Waals surface area contributed by atoms with Crippen molar-refractivity contribution >= 4 is 17.2 Å². The molecule has 1 amide bonds. The van der Waals surface area contributed by atoms with Gasteiger partial charge in [-0.1, -0.05) is 25.8 Å². The quantitative estimate of drug-likeness (QED) is 0.388. The maximum Gasteiger partial charge on any atom is 0.417 e. The van der Waals surface area contributed by atoms with E-state index in [1.165, 1.54) is 6.20 Å². The first kappa shape index (κ1) is 24.6. The molecule has 182 valence electrons. The number of amides is 1. The van der Waals surface area contributed by atoms with Crippen molar-refractivity contribution in [1.29, 1.82) is 0 Å². The highest BCUT2D eigenvalue weighted by atomic mass is 32.1. The zero-order chi connectivity index (χ0) is 25.3. The standard InChI is InChI=1S/C24H20F4N4O2S/c1-12(2)23(34)30-10-14-6-7-15(24(26,27)28)20(21(14)25)22-31-16(9-18(33)32-22)17-11-29-19(35-17)8-5-13-3-4-13/h6-7,9,11-13H,3-4,10H2,1-2H3,(H,30,34)(H,31,32,33). The second kappa shape index (κ2) is 9.62. The highest BCUT2D eigenvalue weighted by molar-refractivity contribution is 7.15. The van der Waals surface area contributed by atoms with Crippen molar-refractivity contribution in [2.45, 2.75) is 39.4 Å². The van der Waals surface area contributed by atoms with E-state index in [2.05, 4.69) is 32.1 Å². The van der Waals surface area contributed by atoms with Gasteiger partial charge in [-0.05, 0) is 24.8 Å². The zero-order valence-corrected chi connectivity index (χ0v) is 19.5. The van der Waals surface area contributed by atoms with E-state index in [9.17, 15) is 22.8 Å². The molecule has 0 aliphatic heterocycles. The van der Waals surface area contributed by atoms with Gasteiger partial charge in [-0.25, -0.2) is 14.4 Å². The summed E-state index contributed by atoms with van der Waals surface area (Å²) in [7, 11) is 0. The van der Waals surface area contributed by atoms with Crippen molar-refractivity contribution in [2.75, 3.05) is 0 Å². The van der Waals surface area contributed by atoms with Gasteiger partial charge in [0.25, 0.3) is 5.56 Å². The van der Waals surface area contributed by atoms with E-state index in [1.54, 1.807) is 13.8 Å². The van der Waals surface area contributed by atoms with Gasteiger partial charge >= 0.3 is 6.18 Å². The second-order valence-corrected chi connectivity index (χ2v) is 9.41. The SMILES string of the molecule is CC(C)C(=O)NCc1ccc(C(F)(F)F)c(-c2nc(-c3cnc(C#CC4CC4)s3)cc(=O)[nH]2)c1F. The molecule has 1 aromatic carbocycles. The van der Waals surface area contributed by atoms with Crippen molar-refractivity contribution in [3.63, 3.8) is 0 Å². The Bertz CT molecular complexity index is 1390. The molecule has 1 aliphatic carbocycles. The van der Waals surface area contributed by atoms with E-state index < -0.39 is 34.5 Å². The molecule has 1 aliphatic rings. The summed E-state index contributed by atoms with van der Waals surface area (Å²) in [6.45, 7) is 2.94. The van der Waals surface area contributed by atoms with E-state index in [-0.39, 0.29) is 29.6 Å². The van der Waals surface area contributed by atoms with Gasteiger partial charge in [0.1, 0.15) is 11.6 Å². The molecule has 1 saturated carbocycles. The Hall–Kier alpha value is -3.52. The molecule has 0 saturated heterocycles. The van der Waals surface area contributed by atoms with Crippen LogP contribution in [0, 0.1) is 29.5 Å². The van der Waals surface area contributed by atoms with Crippen LogP contribution in [0.5, 0.6) is 0 Å². The largest absolute Gasteiger partial charge is 0.417 e. The minimum atomic E-state index is -4.92. The van der Waals surface area contributed by atoms with Crippen molar-refractivity contribution in [3.8, 4) is 33.8 Å². The number of alkyl halides is 3.